The van der Waals surface area contributed by atoms with Crippen LogP contribution in [0.4, 0.5) is 11.5 Å². The van der Waals surface area contributed by atoms with Gasteiger partial charge in [-0.1, -0.05) is 55.7 Å². The van der Waals surface area contributed by atoms with Crippen LogP contribution in [0.2, 0.25) is 0 Å². The number of carbonyl (C=O) groups excluding carboxylic acids is 1. The van der Waals surface area contributed by atoms with Crippen LogP contribution in [0.15, 0.2) is 48.5 Å². The van der Waals surface area contributed by atoms with Crippen molar-refractivity contribution in [1.82, 2.24) is 9.97 Å². The molecule has 2 aliphatic carbocycles. The van der Waals surface area contributed by atoms with Gasteiger partial charge in [-0.15, -0.1) is 0 Å². The third-order valence-electron chi connectivity index (χ3n) is 6.49. The number of hydrogen-bond donors (Lipinski definition) is 2. The van der Waals surface area contributed by atoms with E-state index in [2.05, 4.69) is 5.32 Å². The maximum atomic E-state index is 12.9. The fourth-order valence-electron chi connectivity index (χ4n) is 4.89. The quantitative estimate of drug-likeness (QED) is 0.562. The van der Waals surface area contributed by atoms with Crippen LogP contribution in [0.3, 0.4) is 0 Å². The largest absolute Gasteiger partial charge is 0.399 e. The number of hydrogen-bond acceptors (Lipinski definition) is 4. The Morgan fingerprint density at radius 2 is 1.77 bits per heavy atom. The van der Waals surface area contributed by atoms with E-state index in [4.69, 9.17) is 15.7 Å². The highest BCUT2D eigenvalue weighted by atomic mass is 16.1. The molecule has 0 spiro atoms. The number of aromatic nitrogens is 2. The van der Waals surface area contributed by atoms with Crippen molar-refractivity contribution >= 4 is 17.4 Å². The summed E-state index contributed by atoms with van der Waals surface area (Å²) in [5.41, 5.74) is 12.6. The molecule has 0 aliphatic heterocycles. The van der Waals surface area contributed by atoms with Crippen molar-refractivity contribution in [3.8, 4) is 22.5 Å². The Morgan fingerprint density at radius 3 is 2.58 bits per heavy atom. The van der Waals surface area contributed by atoms with Crippen molar-refractivity contribution in [3.63, 3.8) is 0 Å². The van der Waals surface area contributed by atoms with Gasteiger partial charge in [0.2, 0.25) is 5.91 Å². The monoisotopic (exact) mass is 412 g/mol. The third kappa shape index (κ3) is 4.18. The molecule has 31 heavy (non-hydrogen) atoms. The van der Waals surface area contributed by atoms with Crippen LogP contribution in [0.1, 0.15) is 49.8 Å². The average molecular weight is 413 g/mol. The van der Waals surface area contributed by atoms with Gasteiger partial charge in [-0.25, -0.2) is 9.97 Å². The van der Waals surface area contributed by atoms with E-state index >= 15 is 0 Å². The lowest BCUT2D eigenvalue weighted by Gasteiger charge is -2.23. The number of anilines is 2. The van der Waals surface area contributed by atoms with E-state index in [1.54, 1.807) is 0 Å². The summed E-state index contributed by atoms with van der Waals surface area (Å²) >= 11 is 0. The zero-order valence-corrected chi connectivity index (χ0v) is 17.7. The lowest BCUT2D eigenvalue weighted by Crippen LogP contribution is -2.20. The molecular formula is C26H28N4O. The van der Waals surface area contributed by atoms with Gasteiger partial charge in [0.15, 0.2) is 5.82 Å². The van der Waals surface area contributed by atoms with Gasteiger partial charge in [0, 0.05) is 23.2 Å². The SMILES string of the molecule is Nc1ccc2c(c1)CCc1nc(NC(=O)CC3CCCCC3)c(-c3ccccc3)nc1-2. The van der Waals surface area contributed by atoms with Crippen molar-refractivity contribution < 1.29 is 4.79 Å². The fraction of sp³-hybridized carbons (Fsp3) is 0.346. The van der Waals surface area contributed by atoms with E-state index in [1.165, 1.54) is 24.8 Å². The highest BCUT2D eigenvalue weighted by Gasteiger charge is 2.24. The summed E-state index contributed by atoms with van der Waals surface area (Å²) in [6.45, 7) is 0. The van der Waals surface area contributed by atoms with Gasteiger partial charge in [0.1, 0.15) is 5.69 Å². The molecule has 158 valence electrons. The summed E-state index contributed by atoms with van der Waals surface area (Å²) in [6, 6.07) is 16.0. The zero-order chi connectivity index (χ0) is 21.2. The van der Waals surface area contributed by atoms with Crippen LogP contribution < -0.4 is 11.1 Å². The third-order valence-corrected chi connectivity index (χ3v) is 6.49. The smallest absolute Gasteiger partial charge is 0.225 e. The minimum Gasteiger partial charge on any atom is -0.399 e. The van der Waals surface area contributed by atoms with Crippen molar-refractivity contribution in [3.05, 3.63) is 59.8 Å². The molecule has 5 heteroatoms. The van der Waals surface area contributed by atoms with Crippen molar-refractivity contribution in [2.24, 2.45) is 5.92 Å². The number of nitrogens with zero attached hydrogens (tertiary/aromatic N) is 2. The highest BCUT2D eigenvalue weighted by molar-refractivity contribution is 5.94. The van der Waals surface area contributed by atoms with Gasteiger partial charge in [-0.05, 0) is 49.3 Å². The Hall–Kier alpha value is -3.21. The normalized spacial score (nSPS) is 15.7. The predicted molar refractivity (Wildman–Crippen MR) is 125 cm³/mol. The van der Waals surface area contributed by atoms with Crippen LogP contribution >= 0.6 is 0 Å². The van der Waals surface area contributed by atoms with Gasteiger partial charge >= 0.3 is 0 Å². The van der Waals surface area contributed by atoms with E-state index in [9.17, 15) is 4.79 Å². The van der Waals surface area contributed by atoms with Gasteiger partial charge in [-0.3, -0.25) is 4.79 Å². The number of nitrogen functional groups attached to an aromatic ring is 1. The lowest BCUT2D eigenvalue weighted by molar-refractivity contribution is -0.117. The number of rotatable bonds is 4. The number of nitrogens with two attached hydrogens (primary N) is 1. The number of carbonyl (C=O) groups is 1. The highest BCUT2D eigenvalue weighted by Crippen LogP contribution is 2.36. The number of fused-ring (bicyclic) bond motifs is 3. The first-order chi connectivity index (χ1) is 15.2. The summed E-state index contributed by atoms with van der Waals surface area (Å²) in [5.74, 6) is 1.10. The van der Waals surface area contributed by atoms with E-state index in [1.807, 2.05) is 48.5 Å². The topological polar surface area (TPSA) is 80.9 Å². The minimum atomic E-state index is 0.0438. The molecular weight excluding hydrogens is 384 g/mol. The van der Waals surface area contributed by atoms with Gasteiger partial charge in [0.05, 0.1) is 11.4 Å². The summed E-state index contributed by atoms with van der Waals surface area (Å²) in [5, 5.41) is 3.11. The summed E-state index contributed by atoms with van der Waals surface area (Å²) in [6.07, 6.45) is 8.28. The molecule has 0 bridgehead atoms. The molecule has 0 saturated heterocycles. The Morgan fingerprint density at radius 1 is 0.968 bits per heavy atom. The second kappa shape index (κ2) is 8.50. The molecule has 5 rings (SSSR count). The number of amides is 1. The predicted octanol–water partition coefficient (Wildman–Crippen LogP) is 5.40. The van der Waals surface area contributed by atoms with Crippen LogP contribution in [-0.4, -0.2) is 15.9 Å². The van der Waals surface area contributed by atoms with E-state index in [-0.39, 0.29) is 5.91 Å². The second-order valence-corrected chi connectivity index (χ2v) is 8.76. The second-order valence-electron chi connectivity index (χ2n) is 8.76. The summed E-state index contributed by atoms with van der Waals surface area (Å²) < 4.78 is 0. The van der Waals surface area contributed by atoms with Crippen molar-refractivity contribution in [2.45, 2.75) is 51.4 Å². The van der Waals surface area contributed by atoms with Crippen LogP contribution in [0.5, 0.6) is 0 Å². The summed E-state index contributed by atoms with van der Waals surface area (Å²) in [4.78, 5) is 22.8. The van der Waals surface area contributed by atoms with Gasteiger partial charge in [0.25, 0.3) is 0 Å². The first-order valence-electron chi connectivity index (χ1n) is 11.3. The van der Waals surface area contributed by atoms with Crippen LogP contribution in [0.25, 0.3) is 22.5 Å². The maximum Gasteiger partial charge on any atom is 0.225 e. The van der Waals surface area contributed by atoms with E-state index < -0.39 is 0 Å². The van der Waals surface area contributed by atoms with Crippen LogP contribution in [0, 0.1) is 5.92 Å². The average Bonchev–Trinajstić information content (AvgIpc) is 2.79. The molecule has 1 saturated carbocycles. The maximum absolute atomic E-state index is 12.9. The lowest BCUT2D eigenvalue weighted by atomic mass is 9.87. The molecule has 1 heterocycles. The fourth-order valence-corrected chi connectivity index (χ4v) is 4.89. The molecule has 2 aliphatic rings. The number of benzene rings is 2. The Labute approximate surface area is 183 Å². The first-order valence-corrected chi connectivity index (χ1v) is 11.3. The van der Waals surface area contributed by atoms with E-state index in [0.717, 1.165) is 59.6 Å². The molecule has 3 aromatic rings. The van der Waals surface area contributed by atoms with Gasteiger partial charge in [-0.2, -0.15) is 0 Å². The molecule has 2 aromatic carbocycles. The molecule has 5 nitrogen and oxygen atoms in total. The standard InChI is InChI=1S/C26H28N4O/c27-20-12-13-21-19(16-20)11-14-22-25(21)30-24(18-9-5-2-6-10-18)26(28-22)29-23(31)15-17-7-3-1-4-8-17/h2,5-6,9-10,12-13,16-17H,1,3-4,7-8,11,14-15,27H2,(H,28,29,31). The molecule has 0 radical (unpaired) electrons. The Kier molecular flexibility index (Phi) is 5.41. The zero-order valence-electron chi connectivity index (χ0n) is 17.7. The summed E-state index contributed by atoms with van der Waals surface area (Å²) in [7, 11) is 0. The van der Waals surface area contributed by atoms with Crippen molar-refractivity contribution in [2.75, 3.05) is 11.1 Å². The molecule has 1 amide bonds. The molecule has 0 atom stereocenters. The first kappa shape index (κ1) is 19.7. The number of nitrogens with one attached hydrogen (secondary N) is 1. The molecule has 1 aromatic heterocycles. The number of aryl methyl sites for hydroxylation is 2. The molecule has 3 N–H and O–H groups in total. The van der Waals surface area contributed by atoms with Gasteiger partial charge < -0.3 is 11.1 Å². The molecule has 0 unspecified atom stereocenters. The molecule has 1 fully saturated rings. The van der Waals surface area contributed by atoms with Crippen molar-refractivity contribution in [1.29, 1.82) is 0 Å². The van der Waals surface area contributed by atoms with E-state index in [0.29, 0.717) is 18.2 Å². The van der Waals surface area contributed by atoms with Crippen LogP contribution in [-0.2, 0) is 17.6 Å². The Bertz CT molecular complexity index is 1100. The minimum absolute atomic E-state index is 0.0438. The Balaban J connectivity index is 1.52.